The Bertz CT molecular complexity index is 1160. The van der Waals surface area contributed by atoms with Crippen molar-refractivity contribution >= 4 is 16.8 Å². The number of rotatable bonds is 5. The maximum Gasteiger partial charge on any atom is 0.271 e. The molecule has 5 nitrogen and oxygen atoms in total. The third-order valence-electron chi connectivity index (χ3n) is 4.73. The maximum absolute atomic E-state index is 11.2. The van der Waals surface area contributed by atoms with E-state index >= 15 is 0 Å². The third-order valence-corrected chi connectivity index (χ3v) is 4.73. The van der Waals surface area contributed by atoms with Crippen molar-refractivity contribution in [2.24, 2.45) is 5.84 Å². The van der Waals surface area contributed by atoms with E-state index in [1.54, 1.807) is 0 Å². The summed E-state index contributed by atoms with van der Waals surface area (Å²) in [5.41, 5.74) is 8.35. The van der Waals surface area contributed by atoms with Crippen LogP contribution in [0.5, 0.6) is 5.75 Å². The van der Waals surface area contributed by atoms with Crippen molar-refractivity contribution in [3.8, 4) is 28.1 Å². The Morgan fingerprint density at radius 2 is 1.72 bits per heavy atom. The van der Waals surface area contributed by atoms with Crippen LogP contribution in [0.4, 0.5) is 0 Å². The maximum atomic E-state index is 11.2. The van der Waals surface area contributed by atoms with Crippen LogP contribution >= 0.6 is 0 Å². The smallest absolute Gasteiger partial charge is 0.271 e. The fourth-order valence-corrected chi connectivity index (χ4v) is 3.26. The van der Waals surface area contributed by atoms with Crippen LogP contribution in [-0.4, -0.2) is 17.5 Å². The minimum absolute atomic E-state index is 0.123. The zero-order chi connectivity index (χ0) is 20.2. The summed E-state index contributed by atoms with van der Waals surface area (Å²) in [7, 11) is 0. The molecular weight excluding hydrogens is 362 g/mol. The van der Waals surface area contributed by atoms with Gasteiger partial charge in [-0.15, -0.1) is 0 Å². The van der Waals surface area contributed by atoms with Gasteiger partial charge in [-0.2, -0.15) is 0 Å². The number of nitrogens with two attached hydrogens (primary N) is 1. The molecule has 4 rings (SSSR count). The Morgan fingerprint density at radius 1 is 0.966 bits per heavy atom. The van der Waals surface area contributed by atoms with E-state index in [2.05, 4.69) is 43.3 Å². The molecule has 0 saturated carbocycles. The van der Waals surface area contributed by atoms with Crippen LogP contribution < -0.4 is 16.0 Å². The van der Waals surface area contributed by atoms with Crippen LogP contribution in [0.25, 0.3) is 33.3 Å². The van der Waals surface area contributed by atoms with Crippen LogP contribution in [0.15, 0.2) is 78.9 Å². The summed E-state index contributed by atoms with van der Waals surface area (Å²) >= 11 is 0. The van der Waals surface area contributed by atoms with Crippen molar-refractivity contribution in [1.82, 2.24) is 10.4 Å². The first-order chi connectivity index (χ1) is 14.1. The number of aromatic nitrogens is 1. The Morgan fingerprint density at radius 3 is 2.45 bits per heavy atom. The highest BCUT2D eigenvalue weighted by Crippen LogP contribution is 2.33. The standard InChI is InChI=1S/C24H21N3O2/c1-16-7-12-22-21(13-16)20(17-5-3-2-4-6-17)14-23(26-22)18-8-10-19(11-9-18)29-15-24(28)27-25/h2-14H,15,25H2,1H3,(H,27,28). The van der Waals surface area contributed by atoms with Crippen LogP contribution in [0.1, 0.15) is 5.56 Å². The average molecular weight is 383 g/mol. The van der Waals surface area contributed by atoms with Crippen LogP contribution in [0.3, 0.4) is 0 Å². The molecule has 0 aliphatic rings. The molecule has 0 atom stereocenters. The highest BCUT2D eigenvalue weighted by atomic mass is 16.5. The first-order valence-electron chi connectivity index (χ1n) is 9.33. The molecule has 0 radical (unpaired) electrons. The van der Waals surface area contributed by atoms with Gasteiger partial charge in [0, 0.05) is 10.9 Å². The number of nitrogens with zero attached hydrogens (tertiary/aromatic N) is 1. The number of benzene rings is 3. The van der Waals surface area contributed by atoms with Crippen molar-refractivity contribution < 1.29 is 9.53 Å². The second kappa shape index (κ2) is 8.12. The molecule has 1 amide bonds. The lowest BCUT2D eigenvalue weighted by Gasteiger charge is -2.12. The summed E-state index contributed by atoms with van der Waals surface area (Å²) in [6.07, 6.45) is 0. The van der Waals surface area contributed by atoms with E-state index in [1.165, 1.54) is 5.56 Å². The number of carbonyl (C=O) groups is 1. The van der Waals surface area contributed by atoms with E-state index in [9.17, 15) is 4.79 Å². The monoisotopic (exact) mass is 383 g/mol. The molecule has 0 aliphatic carbocycles. The SMILES string of the molecule is Cc1ccc2nc(-c3ccc(OCC(=O)NN)cc3)cc(-c3ccccc3)c2c1. The third kappa shape index (κ3) is 4.10. The summed E-state index contributed by atoms with van der Waals surface area (Å²) in [4.78, 5) is 16.1. The van der Waals surface area contributed by atoms with Gasteiger partial charge < -0.3 is 4.74 Å². The molecule has 4 aromatic rings. The Hall–Kier alpha value is -3.70. The molecule has 3 N–H and O–H groups in total. The number of fused-ring (bicyclic) bond motifs is 1. The molecule has 29 heavy (non-hydrogen) atoms. The zero-order valence-corrected chi connectivity index (χ0v) is 16.1. The zero-order valence-electron chi connectivity index (χ0n) is 16.1. The van der Waals surface area contributed by atoms with Crippen molar-refractivity contribution in [2.75, 3.05) is 6.61 Å². The fourth-order valence-electron chi connectivity index (χ4n) is 3.26. The molecule has 1 aromatic heterocycles. The molecule has 0 fully saturated rings. The molecule has 1 heterocycles. The van der Waals surface area contributed by atoms with Crippen molar-refractivity contribution in [2.45, 2.75) is 6.92 Å². The number of carbonyl (C=O) groups excluding carboxylic acids is 1. The van der Waals surface area contributed by atoms with E-state index in [4.69, 9.17) is 15.6 Å². The highest BCUT2D eigenvalue weighted by Gasteiger charge is 2.10. The van der Waals surface area contributed by atoms with Gasteiger partial charge in [-0.25, -0.2) is 10.8 Å². The van der Waals surface area contributed by atoms with E-state index in [-0.39, 0.29) is 12.5 Å². The van der Waals surface area contributed by atoms with Crippen molar-refractivity contribution in [1.29, 1.82) is 0 Å². The van der Waals surface area contributed by atoms with Gasteiger partial charge in [0.1, 0.15) is 5.75 Å². The van der Waals surface area contributed by atoms with Crippen LogP contribution in [0.2, 0.25) is 0 Å². The van der Waals surface area contributed by atoms with E-state index in [0.29, 0.717) is 5.75 Å². The predicted molar refractivity (Wildman–Crippen MR) is 115 cm³/mol. The summed E-state index contributed by atoms with van der Waals surface area (Å²) in [5, 5.41) is 1.13. The summed E-state index contributed by atoms with van der Waals surface area (Å²) in [6.45, 7) is 1.97. The number of nitrogens with one attached hydrogen (secondary N) is 1. The lowest BCUT2D eigenvalue weighted by atomic mass is 9.97. The number of hydrogen-bond acceptors (Lipinski definition) is 4. The van der Waals surface area contributed by atoms with Gasteiger partial charge in [0.05, 0.1) is 11.2 Å². The second-order valence-electron chi connectivity index (χ2n) is 6.82. The van der Waals surface area contributed by atoms with Gasteiger partial charge in [-0.1, -0.05) is 42.0 Å². The quantitative estimate of drug-likeness (QED) is 0.307. The molecule has 0 saturated heterocycles. The van der Waals surface area contributed by atoms with Gasteiger partial charge in [0.15, 0.2) is 6.61 Å². The molecule has 5 heteroatoms. The van der Waals surface area contributed by atoms with E-state index in [1.807, 2.05) is 47.9 Å². The molecule has 0 aliphatic heterocycles. The molecule has 0 bridgehead atoms. The van der Waals surface area contributed by atoms with Crippen molar-refractivity contribution in [3.05, 3.63) is 84.4 Å². The topological polar surface area (TPSA) is 77.2 Å². The van der Waals surface area contributed by atoms with E-state index in [0.717, 1.165) is 33.3 Å². The molecule has 3 aromatic carbocycles. The van der Waals surface area contributed by atoms with Gasteiger partial charge in [-0.3, -0.25) is 10.2 Å². The van der Waals surface area contributed by atoms with Gasteiger partial charge in [0.25, 0.3) is 5.91 Å². The first kappa shape index (κ1) is 18.7. The van der Waals surface area contributed by atoms with Crippen molar-refractivity contribution in [3.63, 3.8) is 0 Å². The number of ether oxygens (including phenoxy) is 1. The van der Waals surface area contributed by atoms with Gasteiger partial charge in [-0.05, 0) is 60.5 Å². The Kier molecular flexibility index (Phi) is 5.22. The summed E-state index contributed by atoms with van der Waals surface area (Å²) < 4.78 is 5.41. The Balaban J connectivity index is 1.75. The summed E-state index contributed by atoms with van der Waals surface area (Å²) in [5.74, 6) is 5.28. The largest absolute Gasteiger partial charge is 0.484 e. The van der Waals surface area contributed by atoms with Crippen LogP contribution in [0, 0.1) is 6.92 Å². The highest BCUT2D eigenvalue weighted by molar-refractivity contribution is 5.97. The minimum atomic E-state index is -0.381. The first-order valence-corrected chi connectivity index (χ1v) is 9.33. The molecular formula is C24H21N3O2. The van der Waals surface area contributed by atoms with Gasteiger partial charge in [0.2, 0.25) is 0 Å². The number of amides is 1. The fraction of sp³-hybridized carbons (Fsp3) is 0.0833. The lowest BCUT2D eigenvalue weighted by Crippen LogP contribution is -2.34. The second-order valence-corrected chi connectivity index (χ2v) is 6.82. The predicted octanol–water partition coefficient (Wildman–Crippen LogP) is 4.25. The molecule has 0 spiro atoms. The normalized spacial score (nSPS) is 10.7. The van der Waals surface area contributed by atoms with Crippen LogP contribution in [-0.2, 0) is 4.79 Å². The number of hydrazine groups is 1. The lowest BCUT2D eigenvalue weighted by molar-refractivity contribution is -0.123. The van der Waals surface area contributed by atoms with Gasteiger partial charge >= 0.3 is 0 Å². The number of pyridine rings is 1. The summed E-state index contributed by atoms with van der Waals surface area (Å²) in [6, 6.07) is 26.3. The molecule has 0 unspecified atom stereocenters. The minimum Gasteiger partial charge on any atom is -0.484 e. The number of hydrogen-bond donors (Lipinski definition) is 2. The number of aryl methyl sites for hydroxylation is 1. The molecule has 144 valence electrons. The van der Waals surface area contributed by atoms with E-state index < -0.39 is 0 Å². The average Bonchev–Trinajstić information content (AvgIpc) is 2.77. The Labute approximate surface area is 169 Å².